The van der Waals surface area contributed by atoms with Gasteiger partial charge in [-0.1, -0.05) is 105 Å². The fraction of sp³-hybridized carbons (Fsp3) is 0.714. The Morgan fingerprint density at radius 3 is 0.808 bits per heavy atom. The van der Waals surface area contributed by atoms with Gasteiger partial charge in [0.1, 0.15) is 23.0 Å². The first-order valence-corrected chi connectivity index (χ1v) is 23.5. The maximum Gasteiger partial charge on any atom is 0.141 e. The van der Waals surface area contributed by atoms with Gasteiger partial charge in [-0.2, -0.15) is 0 Å². The van der Waals surface area contributed by atoms with Crippen LogP contribution in [0.15, 0.2) is 17.9 Å². The molecule has 4 atom stereocenters. The van der Waals surface area contributed by atoms with Crippen LogP contribution in [0, 0.1) is 11.8 Å². The summed E-state index contributed by atoms with van der Waals surface area (Å²) in [5.41, 5.74) is 4.51. The van der Waals surface area contributed by atoms with Crippen molar-refractivity contribution in [3.05, 3.63) is 40.1 Å². The van der Waals surface area contributed by atoms with Gasteiger partial charge in [-0.25, -0.2) is 0 Å². The summed E-state index contributed by atoms with van der Waals surface area (Å²) < 4.78 is 44.6. The Hall–Kier alpha value is -0.520. The number of hydrogen-bond acceptors (Lipinski definition) is 6. The minimum Gasteiger partial charge on any atom is -0.492 e. The summed E-state index contributed by atoms with van der Waals surface area (Å²) in [4.78, 5) is 0. The Kier molecular flexibility index (Phi) is 15.5. The Balaban J connectivity index is 1.38. The van der Waals surface area contributed by atoms with E-state index in [1.807, 2.05) is 0 Å². The van der Waals surface area contributed by atoms with Gasteiger partial charge in [-0.3, -0.25) is 0 Å². The third-order valence-corrected chi connectivity index (χ3v) is 15.4. The zero-order valence-corrected chi connectivity index (χ0v) is 37.9. The van der Waals surface area contributed by atoms with Crippen LogP contribution in [0.2, 0.25) is 0 Å². The van der Waals surface area contributed by atoms with Gasteiger partial charge in [0.15, 0.2) is 0 Å². The van der Waals surface area contributed by atoms with E-state index < -0.39 is 0 Å². The predicted molar refractivity (Wildman–Crippen MR) is 222 cm³/mol. The van der Waals surface area contributed by atoms with E-state index in [4.69, 9.17) is 28.4 Å². The molecule has 0 spiro atoms. The molecule has 0 aromatic heterocycles. The van der Waals surface area contributed by atoms with E-state index in [1.165, 1.54) is 51.4 Å². The molecule has 0 unspecified atom stereocenters. The summed E-state index contributed by atoms with van der Waals surface area (Å²) in [6.45, 7) is 11.6. The van der Waals surface area contributed by atoms with E-state index in [9.17, 15) is 0 Å². The molecule has 52 heavy (non-hydrogen) atoms. The van der Waals surface area contributed by atoms with Crippen molar-refractivity contribution in [1.82, 2.24) is 0 Å². The standard InChI is InChI=1S/C42H58Br4O6/c1-5-9-13-17-21-47-39-27-28(40(32(44)31(39)43)48-22-18-14-10-6-2)36-26-25(35(27)51-36)37-29-30(38(26)52-37)42(50-24-20-16-12-8-4)34(46)33(45)41(29)49-23-19-15-11-7-3/h25-26,35-38H,5-24H2,1-4H3/t25?,26?,35-,36+,37-,38+. The van der Waals surface area contributed by atoms with Crippen LogP contribution < -0.4 is 18.9 Å². The Labute approximate surface area is 346 Å². The van der Waals surface area contributed by atoms with E-state index in [0.29, 0.717) is 26.4 Å². The van der Waals surface area contributed by atoms with Gasteiger partial charge >= 0.3 is 0 Å². The maximum atomic E-state index is 7.11. The van der Waals surface area contributed by atoms with Crippen LogP contribution in [0.25, 0.3) is 0 Å². The highest BCUT2D eigenvalue weighted by atomic mass is 79.9. The molecule has 6 rings (SSSR count). The second-order valence-electron chi connectivity index (χ2n) is 15.0. The van der Waals surface area contributed by atoms with Gasteiger partial charge in [0.05, 0.1) is 68.7 Å². The van der Waals surface area contributed by atoms with E-state index in [-0.39, 0.29) is 36.3 Å². The Bertz CT molecular complexity index is 1300. The number of halogens is 4. The summed E-state index contributed by atoms with van der Waals surface area (Å²) in [7, 11) is 0. The average molecular weight is 979 g/mol. The predicted octanol–water partition coefficient (Wildman–Crippen LogP) is 14.8. The van der Waals surface area contributed by atoms with Crippen LogP contribution in [-0.2, 0) is 9.47 Å². The van der Waals surface area contributed by atoms with Crippen molar-refractivity contribution in [2.75, 3.05) is 26.4 Å². The second kappa shape index (κ2) is 19.6. The van der Waals surface area contributed by atoms with Crippen molar-refractivity contribution in [1.29, 1.82) is 0 Å². The smallest absolute Gasteiger partial charge is 0.141 e. The molecule has 0 saturated carbocycles. The van der Waals surface area contributed by atoms with E-state index in [0.717, 1.165) is 115 Å². The number of fused-ring (bicyclic) bond motifs is 15. The average Bonchev–Trinajstić information content (AvgIpc) is 3.92. The summed E-state index contributed by atoms with van der Waals surface area (Å²) >= 11 is 15.8. The lowest BCUT2D eigenvalue weighted by Gasteiger charge is -2.35. The first-order chi connectivity index (χ1) is 25.4. The highest BCUT2D eigenvalue weighted by Crippen LogP contribution is 2.77. The summed E-state index contributed by atoms with van der Waals surface area (Å²) in [5, 5.41) is 0. The van der Waals surface area contributed by atoms with Crippen molar-refractivity contribution < 1.29 is 28.4 Å². The maximum absolute atomic E-state index is 7.11. The SMILES string of the molecule is CCCCCCOc1c(Br)c(Br)c(OCCCCCC)c2c1[C@H]1O[C@@H]2C2C1[C@@H]1O[C@H]2c2c(OCCCCCC)c(Br)c(Br)c(OCCCCCC)c21. The third kappa shape index (κ3) is 8.15. The van der Waals surface area contributed by atoms with Gasteiger partial charge in [0, 0.05) is 34.1 Å². The van der Waals surface area contributed by atoms with Crippen LogP contribution >= 0.6 is 63.7 Å². The summed E-state index contributed by atoms with van der Waals surface area (Å²) in [6.07, 6.45) is 17.7. The molecule has 4 bridgehead atoms. The number of ether oxygens (including phenoxy) is 6. The van der Waals surface area contributed by atoms with Crippen LogP contribution in [0.4, 0.5) is 0 Å². The fourth-order valence-electron chi connectivity index (χ4n) is 8.71. The molecule has 2 aromatic carbocycles. The molecule has 290 valence electrons. The lowest BCUT2D eigenvalue weighted by Crippen LogP contribution is -2.29. The van der Waals surface area contributed by atoms with E-state index >= 15 is 0 Å². The van der Waals surface area contributed by atoms with Crippen molar-refractivity contribution in [2.24, 2.45) is 11.8 Å². The van der Waals surface area contributed by atoms with Crippen LogP contribution in [0.5, 0.6) is 23.0 Å². The zero-order chi connectivity index (χ0) is 36.8. The minimum absolute atomic E-state index is 0.121. The first kappa shape index (κ1) is 41.1. The molecule has 0 aliphatic carbocycles. The third-order valence-electron chi connectivity index (χ3n) is 11.3. The van der Waals surface area contributed by atoms with Crippen molar-refractivity contribution in [3.8, 4) is 23.0 Å². The first-order valence-electron chi connectivity index (χ1n) is 20.3. The normalized spacial score (nSPS) is 23.2. The van der Waals surface area contributed by atoms with Gasteiger partial charge < -0.3 is 28.4 Å². The zero-order valence-electron chi connectivity index (χ0n) is 31.6. The van der Waals surface area contributed by atoms with Crippen LogP contribution in [0.3, 0.4) is 0 Å². The molecule has 6 nitrogen and oxygen atoms in total. The van der Waals surface area contributed by atoms with Gasteiger partial charge in [-0.05, 0) is 89.4 Å². The fourth-order valence-corrected chi connectivity index (χ4v) is 10.7. The quantitative estimate of drug-likeness (QED) is 0.0977. The highest BCUT2D eigenvalue weighted by Gasteiger charge is 2.69. The number of hydrogen-bond donors (Lipinski definition) is 0. The van der Waals surface area contributed by atoms with Crippen molar-refractivity contribution in [2.45, 2.75) is 155 Å². The lowest BCUT2D eigenvalue weighted by molar-refractivity contribution is -0.0305. The number of benzene rings is 2. The number of rotatable bonds is 24. The summed E-state index contributed by atoms with van der Waals surface area (Å²) in [6, 6.07) is 0. The molecule has 0 amide bonds. The molecule has 4 aliphatic rings. The Morgan fingerprint density at radius 1 is 0.365 bits per heavy atom. The molecule has 0 radical (unpaired) electrons. The van der Waals surface area contributed by atoms with E-state index in [1.54, 1.807) is 0 Å². The molecule has 4 heterocycles. The topological polar surface area (TPSA) is 55.4 Å². The van der Waals surface area contributed by atoms with Crippen LogP contribution in [-0.4, -0.2) is 26.4 Å². The second-order valence-corrected chi connectivity index (χ2v) is 18.1. The lowest BCUT2D eigenvalue weighted by atomic mass is 9.66. The van der Waals surface area contributed by atoms with E-state index in [2.05, 4.69) is 91.4 Å². The van der Waals surface area contributed by atoms with Gasteiger partial charge in [0.2, 0.25) is 0 Å². The molecule has 2 fully saturated rings. The van der Waals surface area contributed by atoms with Crippen molar-refractivity contribution in [3.63, 3.8) is 0 Å². The number of unbranched alkanes of at least 4 members (excludes halogenated alkanes) is 12. The van der Waals surface area contributed by atoms with Crippen LogP contribution in [0.1, 0.15) is 177 Å². The molecule has 4 aliphatic heterocycles. The highest BCUT2D eigenvalue weighted by molar-refractivity contribution is 9.13. The Morgan fingerprint density at radius 2 is 0.596 bits per heavy atom. The van der Waals surface area contributed by atoms with Gasteiger partial charge in [-0.15, -0.1) is 0 Å². The molecule has 2 saturated heterocycles. The molecule has 0 N–H and O–H groups in total. The molecule has 2 aromatic rings. The van der Waals surface area contributed by atoms with Gasteiger partial charge in [0.25, 0.3) is 0 Å². The molecule has 10 heteroatoms. The molecular weight excluding hydrogens is 920 g/mol. The molecular formula is C42H58Br4O6. The van der Waals surface area contributed by atoms with Crippen molar-refractivity contribution >= 4 is 63.7 Å². The summed E-state index contributed by atoms with van der Waals surface area (Å²) in [5.74, 6) is 3.77. The largest absolute Gasteiger partial charge is 0.492 e. The monoisotopic (exact) mass is 974 g/mol. The minimum atomic E-state index is -0.177.